The van der Waals surface area contributed by atoms with Gasteiger partial charge in [0.25, 0.3) is 0 Å². The van der Waals surface area contributed by atoms with Crippen molar-refractivity contribution < 1.29 is 24.3 Å². The fraction of sp³-hybridized carbons (Fsp3) is 0.333. The van der Waals surface area contributed by atoms with Crippen molar-refractivity contribution >= 4 is 23.9 Å². The molecule has 1 heterocycles. The van der Waals surface area contributed by atoms with Crippen molar-refractivity contribution in [1.29, 1.82) is 0 Å². The number of benzene rings is 1. The summed E-state index contributed by atoms with van der Waals surface area (Å²) in [5.41, 5.74) is 0.385. The zero-order valence-electron chi connectivity index (χ0n) is 12.7. The summed E-state index contributed by atoms with van der Waals surface area (Å²) in [6.07, 6.45) is 0. The van der Waals surface area contributed by atoms with E-state index in [-0.39, 0.29) is 6.54 Å². The molecule has 1 aliphatic rings. The van der Waals surface area contributed by atoms with Gasteiger partial charge in [-0.25, -0.2) is 19.3 Å². The highest BCUT2D eigenvalue weighted by Gasteiger charge is 2.41. The van der Waals surface area contributed by atoms with Gasteiger partial charge in [-0.15, -0.1) is 0 Å². The Balaban J connectivity index is 2.18. The lowest BCUT2D eigenvalue weighted by Crippen LogP contribution is -2.48. The van der Waals surface area contributed by atoms with E-state index >= 15 is 0 Å². The largest absolute Gasteiger partial charge is 0.479 e. The number of hydrogen-bond acceptors (Lipinski definition) is 4. The third-order valence-corrected chi connectivity index (χ3v) is 3.57. The standard InChI is InChI=1S/C15H17N3O5/c1-9-8-17(10(2)19)15(23)18(9)14(22)16-12(13(20)21)11-6-4-3-5-7-11/h3-7,9,12H,8H2,1-2H3,(H,16,22)(H,20,21). The molecule has 23 heavy (non-hydrogen) atoms. The van der Waals surface area contributed by atoms with E-state index in [1.165, 1.54) is 6.92 Å². The van der Waals surface area contributed by atoms with Crippen LogP contribution in [-0.2, 0) is 9.59 Å². The summed E-state index contributed by atoms with van der Waals surface area (Å²) in [5, 5.41) is 11.6. The summed E-state index contributed by atoms with van der Waals surface area (Å²) in [6, 6.07) is 4.75. The van der Waals surface area contributed by atoms with Gasteiger partial charge in [0.15, 0.2) is 6.04 Å². The number of nitrogens with one attached hydrogen (secondary N) is 1. The van der Waals surface area contributed by atoms with Crippen molar-refractivity contribution in [3.05, 3.63) is 35.9 Å². The summed E-state index contributed by atoms with van der Waals surface area (Å²) < 4.78 is 0. The van der Waals surface area contributed by atoms with Gasteiger partial charge < -0.3 is 10.4 Å². The average molecular weight is 319 g/mol. The number of imide groups is 2. The van der Waals surface area contributed by atoms with E-state index in [2.05, 4.69) is 5.32 Å². The van der Waals surface area contributed by atoms with E-state index in [4.69, 9.17) is 0 Å². The highest BCUT2D eigenvalue weighted by atomic mass is 16.4. The van der Waals surface area contributed by atoms with Gasteiger partial charge >= 0.3 is 18.0 Å². The molecule has 1 aromatic carbocycles. The molecule has 2 unspecified atom stereocenters. The molecule has 0 aliphatic carbocycles. The van der Waals surface area contributed by atoms with Crippen molar-refractivity contribution in [3.63, 3.8) is 0 Å². The number of urea groups is 2. The van der Waals surface area contributed by atoms with E-state index in [1.807, 2.05) is 0 Å². The number of nitrogens with zero attached hydrogens (tertiary/aromatic N) is 2. The molecular formula is C15H17N3O5. The van der Waals surface area contributed by atoms with Gasteiger partial charge in [0, 0.05) is 6.92 Å². The first-order chi connectivity index (χ1) is 10.8. The summed E-state index contributed by atoms with van der Waals surface area (Å²) >= 11 is 0. The lowest BCUT2D eigenvalue weighted by atomic mass is 10.1. The van der Waals surface area contributed by atoms with Crippen LogP contribution in [0, 0.1) is 0 Å². The topological polar surface area (TPSA) is 107 Å². The molecule has 2 atom stereocenters. The maximum absolute atomic E-state index is 12.3. The van der Waals surface area contributed by atoms with Crippen molar-refractivity contribution in [1.82, 2.24) is 15.1 Å². The molecule has 2 rings (SSSR count). The van der Waals surface area contributed by atoms with Crippen molar-refractivity contribution in [3.8, 4) is 0 Å². The van der Waals surface area contributed by atoms with Crippen LogP contribution in [0.4, 0.5) is 9.59 Å². The van der Waals surface area contributed by atoms with Gasteiger partial charge in [-0.05, 0) is 12.5 Å². The summed E-state index contributed by atoms with van der Waals surface area (Å²) in [7, 11) is 0. The maximum atomic E-state index is 12.3. The third-order valence-electron chi connectivity index (χ3n) is 3.57. The first-order valence-corrected chi connectivity index (χ1v) is 7.02. The Kier molecular flexibility index (Phi) is 4.63. The summed E-state index contributed by atoms with van der Waals surface area (Å²) in [6.45, 7) is 2.93. The second kappa shape index (κ2) is 6.47. The molecule has 1 aromatic rings. The van der Waals surface area contributed by atoms with E-state index in [0.29, 0.717) is 5.56 Å². The van der Waals surface area contributed by atoms with Crippen LogP contribution in [0.15, 0.2) is 30.3 Å². The van der Waals surface area contributed by atoms with Crippen LogP contribution >= 0.6 is 0 Å². The molecule has 0 radical (unpaired) electrons. The predicted molar refractivity (Wildman–Crippen MR) is 79.4 cm³/mol. The fourth-order valence-corrected chi connectivity index (χ4v) is 2.42. The first kappa shape index (κ1) is 16.5. The van der Waals surface area contributed by atoms with Crippen LogP contribution in [-0.4, -0.2) is 51.4 Å². The average Bonchev–Trinajstić information content (AvgIpc) is 2.80. The van der Waals surface area contributed by atoms with Crippen LogP contribution < -0.4 is 5.32 Å². The minimum Gasteiger partial charge on any atom is -0.479 e. The Morgan fingerprint density at radius 2 is 1.87 bits per heavy atom. The summed E-state index contributed by atoms with van der Waals surface area (Å²) in [5.74, 6) is -1.71. The smallest absolute Gasteiger partial charge is 0.335 e. The zero-order chi connectivity index (χ0) is 17.1. The van der Waals surface area contributed by atoms with E-state index in [9.17, 15) is 24.3 Å². The Hall–Kier alpha value is -2.90. The normalized spacial score (nSPS) is 18.7. The lowest BCUT2D eigenvalue weighted by molar-refractivity contribution is -0.139. The number of carbonyl (C=O) groups is 4. The Bertz CT molecular complexity index is 646. The molecule has 1 aliphatic heterocycles. The van der Waals surface area contributed by atoms with Gasteiger partial charge in [-0.2, -0.15) is 0 Å². The molecule has 1 fully saturated rings. The fourth-order valence-electron chi connectivity index (χ4n) is 2.42. The van der Waals surface area contributed by atoms with Crippen LogP contribution in [0.1, 0.15) is 25.5 Å². The van der Waals surface area contributed by atoms with E-state index in [1.54, 1.807) is 37.3 Å². The highest BCUT2D eigenvalue weighted by Crippen LogP contribution is 2.19. The van der Waals surface area contributed by atoms with E-state index in [0.717, 1.165) is 9.80 Å². The second-order valence-corrected chi connectivity index (χ2v) is 5.26. The minimum atomic E-state index is -1.28. The molecule has 0 saturated carbocycles. The molecule has 8 nitrogen and oxygen atoms in total. The summed E-state index contributed by atoms with van der Waals surface area (Å²) in [4.78, 5) is 49.0. The molecule has 0 bridgehead atoms. The molecule has 0 aromatic heterocycles. The SMILES string of the molecule is CC(=O)N1CC(C)N(C(=O)NC(C(=O)O)c2ccccc2)C1=O. The van der Waals surface area contributed by atoms with Crippen LogP contribution in [0.5, 0.6) is 0 Å². The van der Waals surface area contributed by atoms with Gasteiger partial charge in [-0.3, -0.25) is 9.69 Å². The number of carboxylic acids is 1. The molecule has 0 spiro atoms. The number of hydrogen-bond donors (Lipinski definition) is 2. The Morgan fingerprint density at radius 1 is 1.26 bits per heavy atom. The first-order valence-electron chi connectivity index (χ1n) is 7.02. The Morgan fingerprint density at radius 3 is 2.35 bits per heavy atom. The van der Waals surface area contributed by atoms with Crippen molar-refractivity contribution in [2.75, 3.05) is 6.54 Å². The highest BCUT2D eigenvalue weighted by molar-refractivity contribution is 6.03. The molecule has 8 heteroatoms. The monoisotopic (exact) mass is 319 g/mol. The lowest BCUT2D eigenvalue weighted by Gasteiger charge is -2.22. The maximum Gasteiger partial charge on any atom is 0.335 e. The number of carbonyl (C=O) groups excluding carboxylic acids is 3. The quantitative estimate of drug-likeness (QED) is 0.870. The van der Waals surface area contributed by atoms with Gasteiger partial charge in [-0.1, -0.05) is 30.3 Å². The molecule has 122 valence electrons. The minimum absolute atomic E-state index is 0.0880. The molecule has 5 amide bonds. The van der Waals surface area contributed by atoms with E-state index < -0.39 is 36.0 Å². The van der Waals surface area contributed by atoms with Gasteiger partial charge in [0.2, 0.25) is 5.91 Å². The zero-order valence-corrected chi connectivity index (χ0v) is 12.7. The number of aliphatic carboxylic acids is 1. The van der Waals surface area contributed by atoms with Crippen molar-refractivity contribution in [2.45, 2.75) is 25.9 Å². The number of carboxylic acid groups (broad SMARTS) is 1. The van der Waals surface area contributed by atoms with Crippen LogP contribution in [0.25, 0.3) is 0 Å². The van der Waals surface area contributed by atoms with Crippen LogP contribution in [0.3, 0.4) is 0 Å². The van der Waals surface area contributed by atoms with Crippen molar-refractivity contribution in [2.24, 2.45) is 0 Å². The molecule has 2 N–H and O–H groups in total. The second-order valence-electron chi connectivity index (χ2n) is 5.26. The van der Waals surface area contributed by atoms with Gasteiger partial charge in [0.05, 0.1) is 12.6 Å². The van der Waals surface area contributed by atoms with Gasteiger partial charge in [0.1, 0.15) is 0 Å². The number of rotatable bonds is 3. The number of amides is 5. The molecular weight excluding hydrogens is 302 g/mol. The van der Waals surface area contributed by atoms with Crippen LogP contribution in [0.2, 0.25) is 0 Å². The molecule has 1 saturated heterocycles. The third kappa shape index (κ3) is 3.31. The Labute approximate surface area is 132 Å². The predicted octanol–water partition coefficient (Wildman–Crippen LogP) is 1.19.